The van der Waals surface area contributed by atoms with Crippen LogP contribution in [0.2, 0.25) is 0 Å². The first-order valence-electron chi connectivity index (χ1n) is 11.4. The molecule has 0 bridgehead atoms. The summed E-state index contributed by atoms with van der Waals surface area (Å²) in [5, 5.41) is 0.746. The molecule has 0 aliphatic carbocycles. The van der Waals surface area contributed by atoms with Crippen LogP contribution in [0.25, 0.3) is 10.2 Å². The lowest BCUT2D eigenvalue weighted by atomic mass is 10.2. The monoisotopic (exact) mass is 453 g/mol. The number of hydrogen-bond donors (Lipinski definition) is 0. The average Bonchev–Trinajstić information content (AvgIpc) is 3.26. The predicted molar refractivity (Wildman–Crippen MR) is 130 cm³/mol. The minimum atomic E-state index is -0.0323. The van der Waals surface area contributed by atoms with E-state index in [0.29, 0.717) is 18.7 Å². The molecule has 0 saturated carbocycles. The maximum atomic E-state index is 13.6. The van der Waals surface area contributed by atoms with Crippen LogP contribution in [0.5, 0.6) is 5.75 Å². The third-order valence-electron chi connectivity index (χ3n) is 5.70. The van der Waals surface area contributed by atoms with E-state index >= 15 is 0 Å². The van der Waals surface area contributed by atoms with Crippen molar-refractivity contribution in [2.45, 2.75) is 26.7 Å². The van der Waals surface area contributed by atoms with Gasteiger partial charge in [-0.1, -0.05) is 36.8 Å². The van der Waals surface area contributed by atoms with Gasteiger partial charge in [0.05, 0.1) is 30.0 Å². The number of benzene rings is 2. The molecule has 1 saturated heterocycles. The summed E-state index contributed by atoms with van der Waals surface area (Å²) in [5.41, 5.74) is 2.74. The predicted octanol–water partition coefficient (Wildman–Crippen LogP) is 4.76. The Balaban J connectivity index is 1.55. The molecule has 6 nitrogen and oxygen atoms in total. The molecule has 1 aromatic heterocycles. The maximum absolute atomic E-state index is 13.6. The minimum absolute atomic E-state index is 0.0323. The molecule has 32 heavy (non-hydrogen) atoms. The number of fused-ring (bicyclic) bond motifs is 1. The van der Waals surface area contributed by atoms with E-state index in [0.717, 1.165) is 72.4 Å². The molecule has 1 aliphatic rings. The topological polar surface area (TPSA) is 54.9 Å². The number of hydrogen-bond acceptors (Lipinski definition) is 6. The van der Waals surface area contributed by atoms with Gasteiger partial charge in [-0.05, 0) is 49.2 Å². The van der Waals surface area contributed by atoms with Crippen molar-refractivity contribution in [2.24, 2.45) is 0 Å². The second-order valence-electron chi connectivity index (χ2n) is 8.06. The molecule has 7 heteroatoms. The highest BCUT2D eigenvalue weighted by Gasteiger charge is 2.23. The minimum Gasteiger partial charge on any atom is -0.494 e. The second-order valence-corrected chi connectivity index (χ2v) is 9.06. The molecular weight excluding hydrogens is 422 g/mol. The van der Waals surface area contributed by atoms with E-state index in [1.165, 1.54) is 0 Å². The highest BCUT2D eigenvalue weighted by atomic mass is 32.1. The van der Waals surface area contributed by atoms with E-state index in [4.69, 9.17) is 14.5 Å². The van der Waals surface area contributed by atoms with Crippen molar-refractivity contribution in [3.8, 4) is 5.75 Å². The summed E-state index contributed by atoms with van der Waals surface area (Å²) < 4.78 is 12.3. The van der Waals surface area contributed by atoms with Gasteiger partial charge in [-0.25, -0.2) is 4.98 Å². The molecule has 1 aliphatic heterocycles. The standard InChI is InChI=1S/C25H31N3O3S/c1-3-4-16-31-21-10-8-20(9-11-21)24(29)28(13-12-27-14-17-30-18-15-27)25-26-23-19(2)6-5-7-22(23)32-25/h5-11H,3-4,12-18H2,1-2H3. The Bertz CT molecular complexity index is 1030. The quantitative estimate of drug-likeness (QED) is 0.437. The molecule has 170 valence electrons. The number of carbonyl (C=O) groups excluding carboxylic acids is 1. The molecule has 2 heterocycles. The van der Waals surface area contributed by atoms with E-state index in [1.54, 1.807) is 11.3 Å². The van der Waals surface area contributed by atoms with E-state index in [2.05, 4.69) is 30.9 Å². The SMILES string of the molecule is CCCCOc1ccc(C(=O)N(CCN2CCOCC2)c2nc3c(C)cccc3s2)cc1. The number of para-hydroxylation sites is 1. The molecule has 1 amide bonds. The van der Waals surface area contributed by atoms with Crippen LogP contribution in [-0.4, -0.2) is 61.8 Å². The van der Waals surface area contributed by atoms with Gasteiger partial charge in [0.1, 0.15) is 5.75 Å². The highest BCUT2D eigenvalue weighted by Crippen LogP contribution is 2.31. The summed E-state index contributed by atoms with van der Waals surface area (Å²) in [6.07, 6.45) is 2.11. The number of carbonyl (C=O) groups is 1. The third kappa shape index (κ3) is 5.46. The lowest BCUT2D eigenvalue weighted by Gasteiger charge is -2.29. The Morgan fingerprint density at radius 2 is 1.97 bits per heavy atom. The van der Waals surface area contributed by atoms with E-state index in [9.17, 15) is 4.79 Å². The molecule has 0 spiro atoms. The molecule has 1 fully saturated rings. The number of aromatic nitrogens is 1. The Kier molecular flexibility index (Phi) is 7.73. The molecule has 0 N–H and O–H groups in total. The number of amides is 1. The number of unbranched alkanes of at least 4 members (excludes halogenated alkanes) is 1. The first-order valence-corrected chi connectivity index (χ1v) is 12.2. The third-order valence-corrected chi connectivity index (χ3v) is 6.74. The van der Waals surface area contributed by atoms with Crippen molar-refractivity contribution in [3.63, 3.8) is 0 Å². The molecule has 4 rings (SSSR count). The highest BCUT2D eigenvalue weighted by molar-refractivity contribution is 7.22. The first-order chi connectivity index (χ1) is 15.7. The Morgan fingerprint density at radius 3 is 2.69 bits per heavy atom. The van der Waals surface area contributed by atoms with Gasteiger partial charge in [-0.3, -0.25) is 14.6 Å². The molecule has 0 unspecified atom stereocenters. The van der Waals surface area contributed by atoms with Gasteiger partial charge in [0, 0.05) is 31.7 Å². The van der Waals surface area contributed by atoms with Gasteiger partial charge in [0.15, 0.2) is 5.13 Å². The smallest absolute Gasteiger partial charge is 0.260 e. The average molecular weight is 454 g/mol. The molecular formula is C25H31N3O3S. The molecule has 0 atom stereocenters. The van der Waals surface area contributed by atoms with Crippen LogP contribution >= 0.6 is 11.3 Å². The largest absolute Gasteiger partial charge is 0.494 e. The summed E-state index contributed by atoms with van der Waals surface area (Å²) in [6.45, 7) is 9.55. The Labute approximate surface area is 193 Å². The summed E-state index contributed by atoms with van der Waals surface area (Å²) in [4.78, 5) is 22.6. The number of thiazole rings is 1. The summed E-state index contributed by atoms with van der Waals surface area (Å²) in [5.74, 6) is 0.764. The van der Waals surface area contributed by atoms with Crippen molar-refractivity contribution < 1.29 is 14.3 Å². The first kappa shape index (κ1) is 22.7. The van der Waals surface area contributed by atoms with Crippen LogP contribution in [0.1, 0.15) is 35.7 Å². The fourth-order valence-electron chi connectivity index (χ4n) is 3.72. The van der Waals surface area contributed by atoms with Crippen molar-refractivity contribution in [3.05, 3.63) is 53.6 Å². The number of rotatable bonds is 9. The summed E-state index contributed by atoms with van der Waals surface area (Å²) in [7, 11) is 0. The van der Waals surface area contributed by atoms with Gasteiger partial charge in [0.25, 0.3) is 5.91 Å². The van der Waals surface area contributed by atoms with Gasteiger partial charge in [-0.2, -0.15) is 0 Å². The fourth-order valence-corrected chi connectivity index (χ4v) is 4.79. The number of ether oxygens (including phenoxy) is 2. The van der Waals surface area contributed by atoms with Gasteiger partial charge >= 0.3 is 0 Å². The van der Waals surface area contributed by atoms with Gasteiger partial charge in [-0.15, -0.1) is 0 Å². The maximum Gasteiger partial charge on any atom is 0.260 e. The zero-order chi connectivity index (χ0) is 22.3. The lowest BCUT2D eigenvalue weighted by molar-refractivity contribution is 0.0391. The van der Waals surface area contributed by atoms with Crippen molar-refractivity contribution in [1.29, 1.82) is 0 Å². The number of anilines is 1. The van der Waals surface area contributed by atoms with Crippen LogP contribution < -0.4 is 9.64 Å². The second kappa shape index (κ2) is 10.9. The number of aryl methyl sites for hydroxylation is 1. The van der Waals surface area contributed by atoms with Gasteiger partial charge in [0.2, 0.25) is 0 Å². The number of nitrogens with zero attached hydrogens (tertiary/aromatic N) is 3. The fraction of sp³-hybridized carbons (Fsp3) is 0.440. The van der Waals surface area contributed by atoms with Crippen molar-refractivity contribution in [2.75, 3.05) is 50.9 Å². The Hall–Kier alpha value is -2.48. The van der Waals surface area contributed by atoms with Crippen molar-refractivity contribution in [1.82, 2.24) is 9.88 Å². The molecule has 3 aromatic rings. The molecule has 2 aromatic carbocycles. The van der Waals surface area contributed by atoms with Crippen LogP contribution in [-0.2, 0) is 4.74 Å². The van der Waals surface area contributed by atoms with Crippen molar-refractivity contribution >= 4 is 32.6 Å². The zero-order valence-electron chi connectivity index (χ0n) is 18.9. The van der Waals surface area contributed by atoms with Crippen LogP contribution in [0.3, 0.4) is 0 Å². The van der Waals surface area contributed by atoms with Crippen LogP contribution in [0.15, 0.2) is 42.5 Å². The number of morpholine rings is 1. The lowest BCUT2D eigenvalue weighted by Crippen LogP contribution is -2.43. The summed E-state index contributed by atoms with van der Waals surface area (Å²) >= 11 is 1.57. The van der Waals surface area contributed by atoms with E-state index < -0.39 is 0 Å². The zero-order valence-corrected chi connectivity index (χ0v) is 19.7. The normalized spacial score (nSPS) is 14.6. The summed E-state index contributed by atoms with van der Waals surface area (Å²) in [6, 6.07) is 13.6. The van der Waals surface area contributed by atoms with Crippen LogP contribution in [0.4, 0.5) is 5.13 Å². The van der Waals surface area contributed by atoms with E-state index in [-0.39, 0.29) is 5.91 Å². The van der Waals surface area contributed by atoms with Gasteiger partial charge < -0.3 is 9.47 Å². The van der Waals surface area contributed by atoms with E-state index in [1.807, 2.05) is 35.2 Å². The van der Waals surface area contributed by atoms with Crippen LogP contribution in [0, 0.1) is 6.92 Å². The molecule has 0 radical (unpaired) electrons. The Morgan fingerprint density at radius 1 is 1.19 bits per heavy atom.